The van der Waals surface area contributed by atoms with Crippen molar-refractivity contribution in [2.45, 2.75) is 51.1 Å². The number of hydrogen-bond acceptors (Lipinski definition) is 4. The van der Waals surface area contributed by atoms with Gasteiger partial charge >= 0.3 is 0 Å². The highest BCUT2D eigenvalue weighted by Gasteiger charge is 2.28. The molecule has 1 heterocycles. The van der Waals surface area contributed by atoms with Crippen molar-refractivity contribution >= 4 is 28.7 Å². The van der Waals surface area contributed by atoms with Gasteiger partial charge in [0.2, 0.25) is 5.91 Å². The quantitative estimate of drug-likeness (QED) is 0.854. The van der Waals surface area contributed by atoms with Gasteiger partial charge in [0.05, 0.1) is 22.5 Å². The number of benzene rings is 1. The summed E-state index contributed by atoms with van der Waals surface area (Å²) in [6.07, 6.45) is 3.57. The number of rotatable bonds is 4. The van der Waals surface area contributed by atoms with Gasteiger partial charge in [0, 0.05) is 6.04 Å². The van der Waals surface area contributed by atoms with Crippen LogP contribution in [0.2, 0.25) is 0 Å². The van der Waals surface area contributed by atoms with Gasteiger partial charge in [0.25, 0.3) is 0 Å². The maximum atomic E-state index is 12.3. The molecule has 128 valence electrons. The summed E-state index contributed by atoms with van der Waals surface area (Å²) < 4.78 is 0. The van der Waals surface area contributed by atoms with E-state index in [0.717, 1.165) is 28.2 Å². The molecule has 0 unspecified atom stereocenters. The first-order chi connectivity index (χ1) is 11.5. The Balaban J connectivity index is 1.61. The lowest BCUT2D eigenvalue weighted by Crippen LogP contribution is -2.44. The van der Waals surface area contributed by atoms with E-state index in [1.165, 1.54) is 24.6 Å². The van der Waals surface area contributed by atoms with Crippen molar-refractivity contribution in [3.05, 3.63) is 30.0 Å². The fraction of sp³-hybridized carbons (Fsp3) is 0.526. The van der Waals surface area contributed by atoms with Crippen LogP contribution >= 0.6 is 11.8 Å². The summed E-state index contributed by atoms with van der Waals surface area (Å²) in [5, 5.41) is 4.06. The second kappa shape index (κ2) is 7.51. The molecule has 1 N–H and O–H groups in total. The van der Waals surface area contributed by atoms with Crippen LogP contribution in [0.25, 0.3) is 11.0 Å². The van der Waals surface area contributed by atoms with Crippen LogP contribution in [0.5, 0.6) is 0 Å². The number of carbonyl (C=O) groups is 1. The fourth-order valence-electron chi connectivity index (χ4n) is 3.38. The molecule has 4 nitrogen and oxygen atoms in total. The molecule has 1 aliphatic rings. The average Bonchev–Trinajstić information content (AvgIpc) is 2.57. The number of amides is 1. The Morgan fingerprint density at radius 1 is 1.21 bits per heavy atom. The first-order valence-electron chi connectivity index (χ1n) is 8.70. The summed E-state index contributed by atoms with van der Waals surface area (Å²) in [5.74, 6) is 1.73. The third-order valence-electron chi connectivity index (χ3n) is 5.09. The molecule has 0 saturated heterocycles. The Bertz CT molecular complexity index is 734. The van der Waals surface area contributed by atoms with Gasteiger partial charge in [0.15, 0.2) is 0 Å². The van der Waals surface area contributed by atoms with Gasteiger partial charge in [-0.1, -0.05) is 50.6 Å². The lowest BCUT2D eigenvalue weighted by molar-refractivity contribution is -0.119. The van der Waals surface area contributed by atoms with Crippen LogP contribution in [-0.4, -0.2) is 27.7 Å². The zero-order chi connectivity index (χ0) is 17.1. The first-order valence-corrected chi connectivity index (χ1v) is 9.68. The van der Waals surface area contributed by atoms with E-state index < -0.39 is 0 Å². The Hall–Kier alpha value is -1.62. The van der Waals surface area contributed by atoms with Crippen LogP contribution in [0.3, 0.4) is 0 Å². The Morgan fingerprint density at radius 3 is 2.67 bits per heavy atom. The molecule has 1 aromatic carbocycles. The van der Waals surface area contributed by atoms with E-state index in [2.05, 4.69) is 29.1 Å². The number of aromatic nitrogens is 2. The smallest absolute Gasteiger partial charge is 0.230 e. The van der Waals surface area contributed by atoms with E-state index in [1.54, 1.807) is 0 Å². The number of aryl methyl sites for hydroxylation is 1. The van der Waals surface area contributed by atoms with Gasteiger partial charge in [0.1, 0.15) is 5.03 Å². The Kier molecular flexibility index (Phi) is 5.39. The molecule has 0 aliphatic heterocycles. The largest absolute Gasteiger partial charge is 0.352 e. The molecule has 0 spiro atoms. The van der Waals surface area contributed by atoms with Gasteiger partial charge in [-0.15, -0.1) is 0 Å². The minimum Gasteiger partial charge on any atom is -0.352 e. The topological polar surface area (TPSA) is 54.9 Å². The number of nitrogens with zero attached hydrogens (tertiary/aromatic N) is 2. The summed E-state index contributed by atoms with van der Waals surface area (Å²) in [5.41, 5.74) is 2.65. The molecular formula is C19H25N3OS. The minimum atomic E-state index is 0.0975. The highest BCUT2D eigenvalue weighted by molar-refractivity contribution is 7.99. The number of nitrogens with one attached hydrogen (secondary N) is 1. The number of carbonyl (C=O) groups excluding carboxylic acids is 1. The van der Waals surface area contributed by atoms with E-state index in [-0.39, 0.29) is 5.91 Å². The summed E-state index contributed by atoms with van der Waals surface area (Å²) in [4.78, 5) is 21.5. The van der Waals surface area contributed by atoms with Gasteiger partial charge < -0.3 is 5.32 Å². The Morgan fingerprint density at radius 2 is 1.92 bits per heavy atom. The average molecular weight is 343 g/mol. The van der Waals surface area contributed by atoms with Crippen LogP contribution in [0.1, 0.15) is 38.8 Å². The second-order valence-corrected chi connectivity index (χ2v) is 7.80. The van der Waals surface area contributed by atoms with Crippen molar-refractivity contribution in [3.8, 4) is 0 Å². The molecule has 2 aromatic rings. The number of fused-ring (bicyclic) bond motifs is 1. The molecule has 3 atom stereocenters. The van der Waals surface area contributed by atoms with Crippen LogP contribution in [0.15, 0.2) is 29.3 Å². The molecule has 0 bridgehead atoms. The molecule has 0 radical (unpaired) electrons. The molecule has 3 rings (SSSR count). The maximum Gasteiger partial charge on any atom is 0.230 e. The van der Waals surface area contributed by atoms with Crippen molar-refractivity contribution in [1.82, 2.24) is 15.3 Å². The number of para-hydroxylation sites is 2. The van der Waals surface area contributed by atoms with Gasteiger partial charge in [-0.05, 0) is 37.3 Å². The van der Waals surface area contributed by atoms with Crippen LogP contribution < -0.4 is 5.32 Å². The molecule has 1 aromatic heterocycles. The molecule has 1 amide bonds. The van der Waals surface area contributed by atoms with Crippen molar-refractivity contribution < 1.29 is 4.79 Å². The van der Waals surface area contributed by atoms with E-state index in [4.69, 9.17) is 0 Å². The Labute approximate surface area is 147 Å². The van der Waals surface area contributed by atoms with E-state index in [9.17, 15) is 4.79 Å². The molecule has 1 fully saturated rings. The monoisotopic (exact) mass is 343 g/mol. The highest BCUT2D eigenvalue weighted by Crippen LogP contribution is 2.29. The zero-order valence-corrected chi connectivity index (χ0v) is 15.4. The first kappa shape index (κ1) is 17.2. The van der Waals surface area contributed by atoms with Crippen LogP contribution in [-0.2, 0) is 4.79 Å². The summed E-state index contributed by atoms with van der Waals surface area (Å²) in [6, 6.07) is 8.15. The summed E-state index contributed by atoms with van der Waals surface area (Å²) >= 11 is 1.47. The number of hydrogen-bond donors (Lipinski definition) is 1. The molecule has 5 heteroatoms. The third kappa shape index (κ3) is 3.89. The van der Waals surface area contributed by atoms with Crippen molar-refractivity contribution in [1.29, 1.82) is 0 Å². The van der Waals surface area contributed by atoms with Crippen LogP contribution in [0.4, 0.5) is 0 Å². The SMILES string of the molecule is Cc1nc2ccccc2nc1SCC(=O)N[C@@H]1CCC[C@@H](C)[C@H]1C. The third-order valence-corrected chi connectivity index (χ3v) is 6.16. The van der Waals surface area contributed by atoms with Gasteiger partial charge in [-0.25, -0.2) is 9.97 Å². The molecular weight excluding hydrogens is 318 g/mol. The maximum absolute atomic E-state index is 12.3. The van der Waals surface area contributed by atoms with Crippen molar-refractivity contribution in [2.75, 3.05) is 5.75 Å². The number of thioether (sulfide) groups is 1. The van der Waals surface area contributed by atoms with Crippen LogP contribution in [0, 0.1) is 18.8 Å². The lowest BCUT2D eigenvalue weighted by atomic mass is 9.78. The van der Waals surface area contributed by atoms with E-state index in [1.807, 2.05) is 31.2 Å². The standard InChI is InChI=1S/C19H25N3OS/c1-12-7-6-10-15(13(12)2)21-18(23)11-24-19-14(3)20-16-8-4-5-9-17(16)22-19/h4-5,8-9,12-13,15H,6-7,10-11H2,1-3H3,(H,21,23)/t12-,13-,15-/m1/s1. The van der Waals surface area contributed by atoms with E-state index >= 15 is 0 Å². The molecule has 1 saturated carbocycles. The van der Waals surface area contributed by atoms with E-state index in [0.29, 0.717) is 23.6 Å². The molecule has 24 heavy (non-hydrogen) atoms. The predicted molar refractivity (Wildman–Crippen MR) is 99.1 cm³/mol. The zero-order valence-electron chi connectivity index (χ0n) is 14.6. The predicted octanol–water partition coefficient (Wildman–Crippen LogP) is 3.97. The minimum absolute atomic E-state index is 0.0975. The van der Waals surface area contributed by atoms with Gasteiger partial charge in [-0.3, -0.25) is 4.79 Å². The second-order valence-electron chi connectivity index (χ2n) is 6.83. The van der Waals surface area contributed by atoms with Crippen molar-refractivity contribution in [3.63, 3.8) is 0 Å². The molecule has 1 aliphatic carbocycles. The summed E-state index contributed by atoms with van der Waals surface area (Å²) in [6.45, 7) is 6.48. The lowest BCUT2D eigenvalue weighted by Gasteiger charge is -2.34. The normalized spacial score (nSPS) is 24.0. The van der Waals surface area contributed by atoms with Crippen molar-refractivity contribution in [2.24, 2.45) is 11.8 Å². The van der Waals surface area contributed by atoms with Gasteiger partial charge in [-0.2, -0.15) is 0 Å². The highest BCUT2D eigenvalue weighted by atomic mass is 32.2. The fourth-order valence-corrected chi connectivity index (χ4v) is 4.15. The summed E-state index contributed by atoms with van der Waals surface area (Å²) in [7, 11) is 0.